The third kappa shape index (κ3) is 6.05. The van der Waals surface area contributed by atoms with Crippen LogP contribution in [0.25, 0.3) is 0 Å². The SMILES string of the molecule is Cc1nc(COc2ccc(Cl)cc2)sc1C(=O)N(CCC(N)=O)Cc1ccccc1. The number of halogens is 1. The monoisotopic (exact) mass is 443 g/mol. The minimum Gasteiger partial charge on any atom is -0.486 e. The molecule has 0 aliphatic rings. The fraction of sp³-hybridized carbons (Fsp3) is 0.227. The first-order valence-electron chi connectivity index (χ1n) is 9.38. The number of ether oxygens (including phenoxy) is 1. The van der Waals surface area contributed by atoms with Crippen molar-refractivity contribution < 1.29 is 14.3 Å². The maximum atomic E-state index is 13.2. The van der Waals surface area contributed by atoms with Crippen LogP contribution in [-0.4, -0.2) is 28.2 Å². The zero-order chi connectivity index (χ0) is 21.5. The molecule has 0 bridgehead atoms. The predicted molar refractivity (Wildman–Crippen MR) is 118 cm³/mol. The largest absolute Gasteiger partial charge is 0.486 e. The van der Waals surface area contributed by atoms with E-state index in [0.29, 0.717) is 32.9 Å². The summed E-state index contributed by atoms with van der Waals surface area (Å²) in [4.78, 5) is 31.1. The van der Waals surface area contributed by atoms with Crippen molar-refractivity contribution in [1.82, 2.24) is 9.88 Å². The number of aryl methyl sites for hydroxylation is 1. The van der Waals surface area contributed by atoms with Crippen LogP contribution in [0, 0.1) is 6.92 Å². The number of primary amides is 1. The molecule has 1 heterocycles. The first-order chi connectivity index (χ1) is 14.4. The molecule has 0 aliphatic heterocycles. The molecule has 2 amide bonds. The molecule has 0 saturated carbocycles. The van der Waals surface area contributed by atoms with Crippen molar-refractivity contribution in [1.29, 1.82) is 0 Å². The van der Waals surface area contributed by atoms with E-state index in [-0.39, 0.29) is 25.5 Å². The molecule has 0 unspecified atom stereocenters. The fourth-order valence-corrected chi connectivity index (χ4v) is 3.91. The van der Waals surface area contributed by atoms with Crippen molar-refractivity contribution in [2.45, 2.75) is 26.5 Å². The van der Waals surface area contributed by atoms with E-state index < -0.39 is 5.91 Å². The Labute approximate surface area is 184 Å². The van der Waals surface area contributed by atoms with Crippen LogP contribution in [0.15, 0.2) is 54.6 Å². The lowest BCUT2D eigenvalue weighted by atomic mass is 10.2. The summed E-state index contributed by atoms with van der Waals surface area (Å²) in [6.45, 7) is 2.68. The highest BCUT2D eigenvalue weighted by molar-refractivity contribution is 7.13. The van der Waals surface area contributed by atoms with Crippen molar-refractivity contribution in [2.24, 2.45) is 5.73 Å². The Morgan fingerprint density at radius 3 is 2.50 bits per heavy atom. The number of thiazole rings is 1. The summed E-state index contributed by atoms with van der Waals surface area (Å²) in [7, 11) is 0. The van der Waals surface area contributed by atoms with Gasteiger partial charge in [-0.25, -0.2) is 4.98 Å². The van der Waals surface area contributed by atoms with Crippen LogP contribution in [0.1, 0.15) is 32.4 Å². The Kier molecular flexibility index (Phi) is 7.43. The van der Waals surface area contributed by atoms with Crippen LogP contribution < -0.4 is 10.5 Å². The van der Waals surface area contributed by atoms with E-state index in [1.807, 2.05) is 30.3 Å². The molecule has 8 heteroatoms. The highest BCUT2D eigenvalue weighted by Gasteiger charge is 2.22. The predicted octanol–water partition coefficient (Wildman–Crippen LogP) is 4.20. The van der Waals surface area contributed by atoms with E-state index >= 15 is 0 Å². The number of benzene rings is 2. The molecule has 1 aromatic heterocycles. The summed E-state index contributed by atoms with van der Waals surface area (Å²) in [6.07, 6.45) is 0.100. The third-order valence-electron chi connectivity index (χ3n) is 4.34. The van der Waals surface area contributed by atoms with Gasteiger partial charge in [0.15, 0.2) is 0 Å². The Bertz CT molecular complexity index is 1010. The van der Waals surface area contributed by atoms with Crippen LogP contribution in [0.4, 0.5) is 0 Å². The Morgan fingerprint density at radius 2 is 1.83 bits per heavy atom. The number of carbonyl (C=O) groups is 2. The van der Waals surface area contributed by atoms with Gasteiger partial charge in [-0.1, -0.05) is 41.9 Å². The summed E-state index contributed by atoms with van der Waals surface area (Å²) in [5.41, 5.74) is 6.91. The van der Waals surface area contributed by atoms with E-state index in [1.54, 1.807) is 36.1 Å². The molecule has 2 N–H and O–H groups in total. The van der Waals surface area contributed by atoms with Crippen LogP contribution in [0.3, 0.4) is 0 Å². The van der Waals surface area contributed by atoms with Crippen LogP contribution in [0.2, 0.25) is 5.02 Å². The number of hydrogen-bond acceptors (Lipinski definition) is 5. The molecule has 0 saturated heterocycles. The molecule has 0 radical (unpaired) electrons. The van der Waals surface area contributed by atoms with Crippen molar-refractivity contribution in [3.63, 3.8) is 0 Å². The lowest BCUT2D eigenvalue weighted by molar-refractivity contribution is -0.118. The summed E-state index contributed by atoms with van der Waals surface area (Å²) >= 11 is 7.18. The van der Waals surface area contributed by atoms with E-state index in [0.717, 1.165) is 5.56 Å². The number of aromatic nitrogens is 1. The van der Waals surface area contributed by atoms with Gasteiger partial charge in [-0.3, -0.25) is 9.59 Å². The molecule has 0 spiro atoms. The molecule has 6 nitrogen and oxygen atoms in total. The highest BCUT2D eigenvalue weighted by atomic mass is 35.5. The molecule has 3 aromatic rings. The first-order valence-corrected chi connectivity index (χ1v) is 10.6. The molecular formula is C22H22ClN3O3S. The van der Waals surface area contributed by atoms with E-state index in [4.69, 9.17) is 22.1 Å². The number of amides is 2. The molecule has 0 atom stereocenters. The van der Waals surface area contributed by atoms with Crippen LogP contribution >= 0.6 is 22.9 Å². The topological polar surface area (TPSA) is 85.5 Å². The van der Waals surface area contributed by atoms with Gasteiger partial charge in [0.25, 0.3) is 5.91 Å². The van der Waals surface area contributed by atoms with Gasteiger partial charge in [0.05, 0.1) is 5.69 Å². The van der Waals surface area contributed by atoms with Gasteiger partial charge in [-0.2, -0.15) is 0 Å². The van der Waals surface area contributed by atoms with Crippen LogP contribution in [-0.2, 0) is 17.9 Å². The lowest BCUT2D eigenvalue weighted by Crippen LogP contribution is -2.33. The van der Waals surface area contributed by atoms with Crippen molar-refractivity contribution in [3.8, 4) is 5.75 Å². The standard InChI is InChI=1S/C22H22ClN3O3S/c1-15-21(30-20(25-15)14-29-18-9-7-17(23)8-10-18)22(28)26(12-11-19(24)27)13-16-5-3-2-4-6-16/h2-10H,11-14H2,1H3,(H2,24,27). The number of rotatable bonds is 9. The van der Waals surface area contributed by atoms with Gasteiger partial charge < -0.3 is 15.4 Å². The van der Waals surface area contributed by atoms with Crippen molar-refractivity contribution >= 4 is 34.8 Å². The van der Waals surface area contributed by atoms with Gasteiger partial charge in [-0.05, 0) is 36.8 Å². The quantitative estimate of drug-likeness (QED) is 0.537. The minimum absolute atomic E-state index is 0.100. The zero-order valence-corrected chi connectivity index (χ0v) is 18.1. The number of hydrogen-bond donors (Lipinski definition) is 1. The second-order valence-electron chi connectivity index (χ2n) is 6.69. The number of nitrogens with zero attached hydrogens (tertiary/aromatic N) is 2. The van der Waals surface area contributed by atoms with E-state index in [9.17, 15) is 9.59 Å². The average Bonchev–Trinajstić information content (AvgIpc) is 3.11. The van der Waals surface area contributed by atoms with Gasteiger partial charge in [0.1, 0.15) is 22.2 Å². The third-order valence-corrected chi connectivity index (χ3v) is 5.71. The second-order valence-corrected chi connectivity index (χ2v) is 8.21. The second kappa shape index (κ2) is 10.2. The maximum absolute atomic E-state index is 13.2. The minimum atomic E-state index is -0.445. The van der Waals surface area contributed by atoms with E-state index in [1.165, 1.54) is 11.3 Å². The summed E-state index contributed by atoms with van der Waals surface area (Å²) in [5, 5.41) is 1.33. The molecular weight excluding hydrogens is 422 g/mol. The molecule has 0 fully saturated rings. The lowest BCUT2D eigenvalue weighted by Gasteiger charge is -2.22. The molecule has 3 rings (SSSR count). The molecule has 2 aromatic carbocycles. The first kappa shape index (κ1) is 21.8. The molecule has 156 valence electrons. The Morgan fingerprint density at radius 1 is 1.13 bits per heavy atom. The van der Waals surface area contributed by atoms with Crippen molar-refractivity contribution in [2.75, 3.05) is 6.54 Å². The maximum Gasteiger partial charge on any atom is 0.266 e. The van der Waals surface area contributed by atoms with E-state index in [2.05, 4.69) is 4.98 Å². The highest BCUT2D eigenvalue weighted by Crippen LogP contribution is 2.23. The van der Waals surface area contributed by atoms with Gasteiger partial charge >= 0.3 is 0 Å². The molecule has 0 aliphatic carbocycles. The fourth-order valence-electron chi connectivity index (χ4n) is 2.83. The van der Waals surface area contributed by atoms with Gasteiger partial charge in [-0.15, -0.1) is 11.3 Å². The summed E-state index contributed by atoms with van der Waals surface area (Å²) in [6, 6.07) is 16.7. The zero-order valence-electron chi connectivity index (χ0n) is 16.5. The summed E-state index contributed by atoms with van der Waals surface area (Å²) in [5.74, 6) is 0.0547. The molecule has 30 heavy (non-hydrogen) atoms. The number of carbonyl (C=O) groups excluding carboxylic acids is 2. The Hall–Kier alpha value is -2.90. The van der Waals surface area contributed by atoms with Gasteiger partial charge in [0.2, 0.25) is 5.91 Å². The number of nitrogens with two attached hydrogens (primary N) is 1. The van der Waals surface area contributed by atoms with Crippen molar-refractivity contribution in [3.05, 3.63) is 80.8 Å². The Balaban J connectivity index is 1.73. The average molecular weight is 444 g/mol. The summed E-state index contributed by atoms with van der Waals surface area (Å²) < 4.78 is 5.73. The normalized spacial score (nSPS) is 10.6. The smallest absolute Gasteiger partial charge is 0.266 e. The van der Waals surface area contributed by atoms with Crippen LogP contribution in [0.5, 0.6) is 5.75 Å². The van der Waals surface area contributed by atoms with Gasteiger partial charge in [0, 0.05) is 24.5 Å².